The average Bonchev–Trinajstić information content (AvgIpc) is 3.93. The summed E-state index contributed by atoms with van der Waals surface area (Å²) in [5.74, 6) is 0.727. The van der Waals surface area contributed by atoms with Gasteiger partial charge in [0, 0.05) is 35.6 Å². The van der Waals surface area contributed by atoms with Gasteiger partial charge in [0.2, 0.25) is 29.5 Å². The maximum atomic E-state index is 13.1. The fourth-order valence-electron chi connectivity index (χ4n) is 7.20. The second-order valence-electron chi connectivity index (χ2n) is 12.8. The summed E-state index contributed by atoms with van der Waals surface area (Å²) in [6, 6.07) is 13.3. The summed E-state index contributed by atoms with van der Waals surface area (Å²) < 4.78 is 6.05. The number of amides is 4. The lowest BCUT2D eigenvalue weighted by molar-refractivity contribution is -0.138. The Morgan fingerprint density at radius 2 is 1.15 bits per heavy atom. The molecule has 2 aromatic carbocycles. The molecule has 0 radical (unpaired) electrons. The minimum atomic E-state index is -0.459. The summed E-state index contributed by atoms with van der Waals surface area (Å²) in [7, 11) is 0. The third-order valence-electron chi connectivity index (χ3n) is 9.74. The highest BCUT2D eigenvalue weighted by atomic mass is 16.4. The summed E-state index contributed by atoms with van der Waals surface area (Å²) in [6.07, 6.45) is 8.22. The van der Waals surface area contributed by atoms with Crippen molar-refractivity contribution in [1.82, 2.24) is 25.4 Å². The minimum absolute atomic E-state index is 0.0235. The molecule has 0 spiro atoms. The van der Waals surface area contributed by atoms with Crippen molar-refractivity contribution in [2.24, 2.45) is 0 Å². The fraction of sp³-hybridized carbons (Fsp3) is 0.457. The molecule has 7 rings (SSSR count). The number of carbonyl (C=O) groups is 4. The van der Waals surface area contributed by atoms with Crippen LogP contribution in [0.2, 0.25) is 0 Å². The van der Waals surface area contributed by atoms with Crippen molar-refractivity contribution < 1.29 is 23.6 Å². The van der Waals surface area contributed by atoms with E-state index < -0.39 is 12.1 Å². The predicted octanol–water partition coefficient (Wildman–Crippen LogP) is 3.37. The van der Waals surface area contributed by atoms with Crippen LogP contribution in [0.3, 0.4) is 0 Å². The van der Waals surface area contributed by atoms with E-state index in [-0.39, 0.29) is 35.7 Å². The lowest BCUT2D eigenvalue weighted by atomic mass is 10.1. The molecule has 4 amide bonds. The number of rotatable bonds is 8. The lowest BCUT2D eigenvalue weighted by Crippen LogP contribution is -2.49. The third kappa shape index (κ3) is 6.66. The Bertz CT molecular complexity index is 1490. The molecule has 4 saturated heterocycles. The molecule has 1 aromatic heterocycles. The van der Waals surface area contributed by atoms with Crippen molar-refractivity contribution >= 4 is 35.0 Å². The number of nitrogens with one attached hydrogen (secondary N) is 4. The van der Waals surface area contributed by atoms with Gasteiger partial charge in [-0.15, -0.1) is 0 Å². The van der Waals surface area contributed by atoms with E-state index in [4.69, 9.17) is 4.42 Å². The van der Waals surface area contributed by atoms with Gasteiger partial charge in [-0.3, -0.25) is 19.2 Å². The van der Waals surface area contributed by atoms with Crippen LogP contribution in [0.5, 0.6) is 0 Å². The third-order valence-corrected chi connectivity index (χ3v) is 9.74. The Hall–Kier alpha value is -4.55. The molecule has 4 atom stereocenters. The maximum absolute atomic E-state index is 13.1. The Morgan fingerprint density at radius 3 is 1.62 bits per heavy atom. The highest BCUT2D eigenvalue weighted by molar-refractivity contribution is 5.99. The number of aromatic nitrogens is 1. The summed E-state index contributed by atoms with van der Waals surface area (Å²) >= 11 is 0. The molecule has 4 N–H and O–H groups in total. The first-order valence-electron chi connectivity index (χ1n) is 16.8. The standard InChI is InChI=1S/C35H41N7O5/c43-31(28-7-3-19-41(28)34(45)26-5-1-17-36-26)39-24-13-9-22(10-14-24)30-21-38-33(47-30)23-11-15-25(16-12-23)40-32(44)29-8-4-20-42(29)35(46)27-6-2-18-37-27/h9-16,21,26-29,36-37H,1-8,17-20H2,(H,39,43)(H,40,44)/t26-,27-,28?,29+/m1/s1. The second-order valence-corrected chi connectivity index (χ2v) is 12.8. The molecular weight excluding hydrogens is 598 g/mol. The Labute approximate surface area is 273 Å². The minimum Gasteiger partial charge on any atom is -0.436 e. The van der Waals surface area contributed by atoms with Gasteiger partial charge in [-0.05, 0) is 113 Å². The van der Waals surface area contributed by atoms with E-state index in [1.807, 2.05) is 36.4 Å². The van der Waals surface area contributed by atoms with E-state index in [0.717, 1.165) is 62.7 Å². The van der Waals surface area contributed by atoms with E-state index in [2.05, 4.69) is 26.3 Å². The van der Waals surface area contributed by atoms with Crippen LogP contribution in [0.1, 0.15) is 51.4 Å². The second kappa shape index (κ2) is 13.7. The van der Waals surface area contributed by atoms with Gasteiger partial charge in [0.1, 0.15) is 12.1 Å². The smallest absolute Gasteiger partial charge is 0.247 e. The van der Waals surface area contributed by atoms with Crippen LogP contribution < -0.4 is 21.3 Å². The van der Waals surface area contributed by atoms with Gasteiger partial charge in [0.05, 0.1) is 18.3 Å². The van der Waals surface area contributed by atoms with Crippen molar-refractivity contribution in [3.05, 3.63) is 54.7 Å². The molecule has 5 heterocycles. The van der Waals surface area contributed by atoms with Crippen LogP contribution in [0.4, 0.5) is 11.4 Å². The number of anilines is 2. The molecule has 12 heteroatoms. The number of nitrogens with zero attached hydrogens (tertiary/aromatic N) is 3. The molecule has 4 fully saturated rings. The zero-order chi connectivity index (χ0) is 32.3. The Morgan fingerprint density at radius 1 is 0.660 bits per heavy atom. The molecule has 0 aliphatic carbocycles. The summed E-state index contributed by atoms with van der Waals surface area (Å²) in [4.78, 5) is 60.0. The molecule has 0 saturated carbocycles. The highest BCUT2D eigenvalue weighted by Gasteiger charge is 2.39. The van der Waals surface area contributed by atoms with E-state index in [0.29, 0.717) is 49.0 Å². The summed E-state index contributed by atoms with van der Waals surface area (Å²) in [5, 5.41) is 12.4. The molecule has 0 bridgehead atoms. The van der Waals surface area contributed by atoms with Gasteiger partial charge in [0.15, 0.2) is 5.76 Å². The van der Waals surface area contributed by atoms with Crippen molar-refractivity contribution in [3.8, 4) is 22.8 Å². The van der Waals surface area contributed by atoms with Crippen LogP contribution in [0.25, 0.3) is 22.8 Å². The number of oxazole rings is 1. The molecule has 3 aromatic rings. The maximum Gasteiger partial charge on any atom is 0.247 e. The quantitative estimate of drug-likeness (QED) is 0.293. The first-order chi connectivity index (χ1) is 22.9. The molecule has 246 valence electrons. The lowest BCUT2D eigenvalue weighted by Gasteiger charge is -2.26. The van der Waals surface area contributed by atoms with E-state index in [1.54, 1.807) is 28.1 Å². The summed E-state index contributed by atoms with van der Waals surface area (Å²) in [5.41, 5.74) is 2.85. The molecule has 4 aliphatic rings. The zero-order valence-electron chi connectivity index (χ0n) is 26.4. The van der Waals surface area contributed by atoms with Gasteiger partial charge in [-0.1, -0.05) is 0 Å². The normalized spacial score (nSPS) is 24.1. The van der Waals surface area contributed by atoms with Crippen molar-refractivity contribution in [2.45, 2.75) is 75.5 Å². The first kappa shape index (κ1) is 31.1. The molecule has 47 heavy (non-hydrogen) atoms. The molecule has 4 aliphatic heterocycles. The summed E-state index contributed by atoms with van der Waals surface area (Å²) in [6.45, 7) is 2.90. The Balaban J connectivity index is 0.940. The van der Waals surface area contributed by atoms with Gasteiger partial charge in [0.25, 0.3) is 0 Å². The van der Waals surface area contributed by atoms with Crippen molar-refractivity contribution in [1.29, 1.82) is 0 Å². The van der Waals surface area contributed by atoms with Gasteiger partial charge >= 0.3 is 0 Å². The number of carbonyl (C=O) groups excluding carboxylic acids is 4. The van der Waals surface area contributed by atoms with Crippen LogP contribution in [-0.4, -0.2) is 88.8 Å². The number of hydrogen-bond donors (Lipinski definition) is 4. The van der Waals surface area contributed by atoms with Gasteiger partial charge in [-0.2, -0.15) is 0 Å². The van der Waals surface area contributed by atoms with Gasteiger partial charge in [-0.25, -0.2) is 4.98 Å². The predicted molar refractivity (Wildman–Crippen MR) is 176 cm³/mol. The van der Waals surface area contributed by atoms with Crippen molar-refractivity contribution in [3.63, 3.8) is 0 Å². The number of likely N-dealkylation sites (tertiary alicyclic amines) is 2. The zero-order valence-corrected chi connectivity index (χ0v) is 26.4. The van der Waals surface area contributed by atoms with Crippen LogP contribution in [-0.2, 0) is 19.2 Å². The SMILES string of the molecule is O=C(Nc1ccc(-c2cnc(-c3ccc(NC(=O)[C@@H]4CCCN4C(=O)[C@H]4CCCN4)cc3)o2)cc1)C1CCCN1C(=O)[C@H]1CCCN1. The van der Waals surface area contributed by atoms with Crippen LogP contribution >= 0.6 is 0 Å². The molecular formula is C35H41N7O5. The monoisotopic (exact) mass is 639 g/mol. The molecule has 12 nitrogen and oxygen atoms in total. The van der Waals surface area contributed by atoms with Crippen LogP contribution in [0.15, 0.2) is 59.1 Å². The van der Waals surface area contributed by atoms with E-state index in [1.165, 1.54) is 0 Å². The largest absolute Gasteiger partial charge is 0.436 e. The number of benzene rings is 2. The van der Waals surface area contributed by atoms with Crippen molar-refractivity contribution in [2.75, 3.05) is 36.8 Å². The number of hydrogen-bond acceptors (Lipinski definition) is 8. The molecule has 1 unspecified atom stereocenters. The average molecular weight is 640 g/mol. The van der Waals surface area contributed by atoms with E-state index in [9.17, 15) is 19.2 Å². The Kier molecular flexibility index (Phi) is 9.03. The highest BCUT2D eigenvalue weighted by Crippen LogP contribution is 2.29. The van der Waals surface area contributed by atoms with E-state index >= 15 is 0 Å². The topological polar surface area (TPSA) is 149 Å². The fourth-order valence-corrected chi connectivity index (χ4v) is 7.20. The van der Waals surface area contributed by atoms with Crippen LogP contribution in [0, 0.1) is 0 Å². The first-order valence-corrected chi connectivity index (χ1v) is 16.8. The van der Waals surface area contributed by atoms with Gasteiger partial charge < -0.3 is 35.5 Å².